The molecule has 1 N–H and O–H groups in total. The largest absolute Gasteiger partial charge is 0.480 e. The van der Waals surface area contributed by atoms with Gasteiger partial charge in [-0.2, -0.15) is 0 Å². The molecule has 1 aliphatic rings. The van der Waals surface area contributed by atoms with E-state index in [-0.39, 0.29) is 17.9 Å². The Morgan fingerprint density at radius 2 is 2.00 bits per heavy atom. The van der Waals surface area contributed by atoms with Crippen LogP contribution in [0.25, 0.3) is 0 Å². The van der Waals surface area contributed by atoms with Crippen molar-refractivity contribution in [3.05, 3.63) is 11.6 Å². The fourth-order valence-electron chi connectivity index (χ4n) is 1.56. The monoisotopic (exact) mass is 255 g/mol. The molecule has 0 aromatic heterocycles. The van der Waals surface area contributed by atoms with Crippen molar-refractivity contribution in [3.8, 4) is 0 Å². The van der Waals surface area contributed by atoms with E-state index in [0.29, 0.717) is 13.2 Å². The predicted molar refractivity (Wildman–Crippen MR) is 67.2 cm³/mol. The summed E-state index contributed by atoms with van der Waals surface area (Å²) in [6, 6.07) is -0.879. The van der Waals surface area contributed by atoms with Crippen LogP contribution in [0, 0.1) is 5.41 Å². The molecule has 18 heavy (non-hydrogen) atoms. The first-order valence-electron chi connectivity index (χ1n) is 6.03. The molecule has 5 heteroatoms. The average molecular weight is 255 g/mol. The van der Waals surface area contributed by atoms with Crippen LogP contribution in [0.15, 0.2) is 11.6 Å². The molecule has 1 fully saturated rings. The fourth-order valence-corrected chi connectivity index (χ4v) is 1.56. The third-order valence-corrected chi connectivity index (χ3v) is 3.22. The lowest BCUT2D eigenvalue weighted by atomic mass is 9.87. The lowest BCUT2D eigenvalue weighted by molar-refractivity contribution is -0.156. The normalized spacial score (nSPS) is 21.9. The Labute approximate surface area is 107 Å². The zero-order valence-electron chi connectivity index (χ0n) is 11.4. The summed E-state index contributed by atoms with van der Waals surface area (Å²) in [5.74, 6) is -1.28. The quantitative estimate of drug-likeness (QED) is 0.755. The molecule has 1 rings (SSSR count). The number of carbonyl (C=O) groups is 2. The molecule has 0 saturated carbocycles. The van der Waals surface area contributed by atoms with Gasteiger partial charge in [-0.1, -0.05) is 26.3 Å². The Balaban J connectivity index is 2.85. The van der Waals surface area contributed by atoms with E-state index in [1.807, 2.05) is 27.7 Å². The Hall–Kier alpha value is -1.36. The highest BCUT2D eigenvalue weighted by atomic mass is 16.5. The van der Waals surface area contributed by atoms with Crippen molar-refractivity contribution in [1.29, 1.82) is 0 Å². The first-order valence-corrected chi connectivity index (χ1v) is 6.03. The van der Waals surface area contributed by atoms with Crippen LogP contribution in [0.2, 0.25) is 0 Å². The van der Waals surface area contributed by atoms with Crippen LogP contribution in [0.1, 0.15) is 27.7 Å². The molecule has 0 radical (unpaired) electrons. The van der Waals surface area contributed by atoms with Crippen molar-refractivity contribution in [2.24, 2.45) is 5.41 Å². The second-order valence-corrected chi connectivity index (χ2v) is 5.54. The Kier molecular flexibility index (Phi) is 4.51. The predicted octanol–water partition coefficient (Wildman–Crippen LogP) is 1.29. The van der Waals surface area contributed by atoms with Gasteiger partial charge in [-0.3, -0.25) is 4.79 Å². The molecule has 0 aromatic carbocycles. The van der Waals surface area contributed by atoms with Crippen molar-refractivity contribution < 1.29 is 19.4 Å². The highest BCUT2D eigenvalue weighted by molar-refractivity contribution is 5.92. The van der Waals surface area contributed by atoms with Gasteiger partial charge in [0.05, 0.1) is 13.2 Å². The molecule has 0 aromatic rings. The molecule has 1 aliphatic heterocycles. The van der Waals surface area contributed by atoms with Gasteiger partial charge in [-0.15, -0.1) is 0 Å². The van der Waals surface area contributed by atoms with Crippen LogP contribution < -0.4 is 0 Å². The van der Waals surface area contributed by atoms with Crippen molar-refractivity contribution >= 4 is 11.9 Å². The Bertz CT molecular complexity index is 368. The Morgan fingerprint density at radius 1 is 1.39 bits per heavy atom. The lowest BCUT2D eigenvalue weighted by Gasteiger charge is -2.32. The van der Waals surface area contributed by atoms with E-state index in [0.717, 1.165) is 5.57 Å². The van der Waals surface area contributed by atoms with E-state index in [9.17, 15) is 9.59 Å². The molecule has 0 spiro atoms. The number of carboxylic acids is 1. The highest BCUT2D eigenvalue weighted by Gasteiger charge is 2.32. The molecular formula is C13H21NO4. The SMILES string of the molecule is CC(=CC(=O)N1CCOCC1C(=O)O)C(C)(C)C. The zero-order valence-corrected chi connectivity index (χ0v) is 11.4. The summed E-state index contributed by atoms with van der Waals surface area (Å²) in [6.07, 6.45) is 1.53. The first-order chi connectivity index (χ1) is 8.23. The summed E-state index contributed by atoms with van der Waals surface area (Å²) in [5, 5.41) is 9.06. The van der Waals surface area contributed by atoms with Crippen LogP contribution in [0.3, 0.4) is 0 Å². The van der Waals surface area contributed by atoms with Crippen LogP contribution in [0.5, 0.6) is 0 Å². The summed E-state index contributed by atoms with van der Waals surface area (Å²) in [7, 11) is 0. The highest BCUT2D eigenvalue weighted by Crippen LogP contribution is 2.24. The van der Waals surface area contributed by atoms with Gasteiger partial charge in [-0.25, -0.2) is 4.79 Å². The molecule has 5 nitrogen and oxygen atoms in total. The van der Waals surface area contributed by atoms with Gasteiger partial charge in [0, 0.05) is 12.6 Å². The third kappa shape index (κ3) is 3.57. The minimum absolute atomic E-state index is 0.0590. The molecule has 102 valence electrons. The summed E-state index contributed by atoms with van der Waals surface area (Å²) >= 11 is 0. The van der Waals surface area contributed by atoms with E-state index in [2.05, 4.69) is 0 Å². The van der Waals surface area contributed by atoms with Crippen LogP contribution in [-0.4, -0.2) is 47.7 Å². The topological polar surface area (TPSA) is 66.8 Å². The summed E-state index contributed by atoms with van der Waals surface area (Å²) in [5.41, 5.74) is 0.837. The van der Waals surface area contributed by atoms with Gasteiger partial charge in [0.2, 0.25) is 5.91 Å². The summed E-state index contributed by atoms with van der Waals surface area (Å²) < 4.78 is 5.10. The molecule has 1 unspecified atom stereocenters. The molecule has 1 saturated heterocycles. The minimum Gasteiger partial charge on any atom is -0.480 e. The van der Waals surface area contributed by atoms with Gasteiger partial charge in [-0.05, 0) is 12.3 Å². The third-order valence-electron chi connectivity index (χ3n) is 3.22. The number of ether oxygens (including phenoxy) is 1. The number of amides is 1. The number of hydrogen-bond acceptors (Lipinski definition) is 3. The standard InChI is InChI=1S/C13H21NO4/c1-9(13(2,3)4)7-11(15)14-5-6-18-8-10(14)12(16)17/h7,10H,5-6,8H2,1-4H3,(H,16,17). The second kappa shape index (κ2) is 5.52. The van der Waals surface area contributed by atoms with Crippen molar-refractivity contribution in [1.82, 2.24) is 4.90 Å². The lowest BCUT2D eigenvalue weighted by Crippen LogP contribution is -2.52. The summed E-state index contributed by atoms with van der Waals surface area (Å²) in [6.45, 7) is 8.69. The van der Waals surface area contributed by atoms with E-state index in [4.69, 9.17) is 9.84 Å². The van der Waals surface area contributed by atoms with Gasteiger partial charge in [0.1, 0.15) is 0 Å². The van der Waals surface area contributed by atoms with Gasteiger partial charge in [0.25, 0.3) is 0 Å². The number of aliphatic carboxylic acids is 1. The molecule has 1 heterocycles. The van der Waals surface area contributed by atoms with Crippen LogP contribution >= 0.6 is 0 Å². The Morgan fingerprint density at radius 3 is 2.50 bits per heavy atom. The van der Waals surface area contributed by atoms with Gasteiger partial charge < -0.3 is 14.7 Å². The van der Waals surface area contributed by atoms with Gasteiger partial charge >= 0.3 is 5.97 Å². The molecule has 1 amide bonds. The zero-order chi connectivity index (χ0) is 13.9. The van der Waals surface area contributed by atoms with Crippen molar-refractivity contribution in [3.63, 3.8) is 0 Å². The molecular weight excluding hydrogens is 234 g/mol. The van der Waals surface area contributed by atoms with E-state index in [1.165, 1.54) is 11.0 Å². The van der Waals surface area contributed by atoms with Crippen molar-refractivity contribution in [2.45, 2.75) is 33.7 Å². The number of rotatable bonds is 2. The maximum atomic E-state index is 12.1. The fraction of sp³-hybridized carbons (Fsp3) is 0.692. The smallest absolute Gasteiger partial charge is 0.328 e. The number of morpholine rings is 1. The maximum Gasteiger partial charge on any atom is 0.328 e. The second-order valence-electron chi connectivity index (χ2n) is 5.54. The van der Waals surface area contributed by atoms with E-state index < -0.39 is 12.0 Å². The van der Waals surface area contributed by atoms with Crippen molar-refractivity contribution in [2.75, 3.05) is 19.8 Å². The average Bonchev–Trinajstić information content (AvgIpc) is 2.27. The van der Waals surface area contributed by atoms with E-state index >= 15 is 0 Å². The minimum atomic E-state index is -1.02. The molecule has 1 atom stereocenters. The number of allylic oxidation sites excluding steroid dienone is 1. The number of carbonyl (C=O) groups excluding carboxylic acids is 1. The van der Waals surface area contributed by atoms with Crippen LogP contribution in [0.4, 0.5) is 0 Å². The van der Waals surface area contributed by atoms with E-state index in [1.54, 1.807) is 0 Å². The number of carboxylic acid groups (broad SMARTS) is 1. The molecule has 0 aliphatic carbocycles. The summed E-state index contributed by atoms with van der Waals surface area (Å²) in [4.78, 5) is 24.5. The number of nitrogens with zero attached hydrogens (tertiary/aromatic N) is 1. The maximum absolute atomic E-state index is 12.1. The van der Waals surface area contributed by atoms with Gasteiger partial charge in [0.15, 0.2) is 6.04 Å². The first kappa shape index (κ1) is 14.7. The molecule has 0 bridgehead atoms. The number of hydrogen-bond donors (Lipinski definition) is 1. The van der Waals surface area contributed by atoms with Crippen LogP contribution in [-0.2, 0) is 14.3 Å².